The van der Waals surface area contributed by atoms with Crippen molar-refractivity contribution in [2.24, 2.45) is 5.84 Å². The van der Waals surface area contributed by atoms with Crippen LogP contribution < -0.4 is 21.6 Å². The van der Waals surface area contributed by atoms with E-state index in [9.17, 15) is 5.11 Å². The van der Waals surface area contributed by atoms with Crippen molar-refractivity contribution in [2.75, 3.05) is 0 Å². The van der Waals surface area contributed by atoms with Gasteiger partial charge in [0.2, 0.25) is 0 Å². The van der Waals surface area contributed by atoms with Crippen molar-refractivity contribution in [3.63, 3.8) is 0 Å². The Kier molecular flexibility index (Phi) is 5.76. The molecule has 2 aromatic carbocycles. The van der Waals surface area contributed by atoms with E-state index >= 15 is 0 Å². The van der Waals surface area contributed by atoms with E-state index in [2.05, 4.69) is 86.9 Å². The van der Waals surface area contributed by atoms with Crippen LogP contribution in [0.2, 0.25) is 11.1 Å². The average Bonchev–Trinajstić information content (AvgIpc) is 2.56. The quantitative estimate of drug-likeness (QED) is 0.330. The molecule has 1 atom stereocenters. The van der Waals surface area contributed by atoms with E-state index in [-0.39, 0.29) is 5.04 Å². The second kappa shape index (κ2) is 7.40. The summed E-state index contributed by atoms with van der Waals surface area (Å²) in [7, 11) is -2.08. The summed E-state index contributed by atoms with van der Waals surface area (Å²) in [5.74, 6) is 5.40. The number of hydrazine groups is 1. The minimum atomic E-state index is -2.08. The molecule has 0 aliphatic carbocycles. The number of hydrogen-bond donors (Lipinski definition) is 3. The molecular formula is C19H28N2OSi. The minimum absolute atomic E-state index is 0.115. The van der Waals surface area contributed by atoms with Crippen LogP contribution in [0.1, 0.15) is 27.2 Å². The molecule has 4 N–H and O–H groups in total. The van der Waals surface area contributed by atoms with Crippen LogP contribution in [0.4, 0.5) is 0 Å². The summed E-state index contributed by atoms with van der Waals surface area (Å²) in [5, 5.41) is 12.9. The third-order valence-electron chi connectivity index (χ3n) is 4.80. The summed E-state index contributed by atoms with van der Waals surface area (Å²) in [5.41, 5.74) is 2.47. The lowest BCUT2D eigenvalue weighted by Crippen LogP contribution is -2.64. The Bertz CT molecular complexity index is 556. The topological polar surface area (TPSA) is 58.3 Å². The highest BCUT2D eigenvalue weighted by Crippen LogP contribution is 2.39. The number of benzene rings is 2. The Hall–Kier alpha value is -1.46. The molecule has 0 aromatic heterocycles. The van der Waals surface area contributed by atoms with Gasteiger partial charge < -0.3 is 5.11 Å². The van der Waals surface area contributed by atoms with Gasteiger partial charge in [0.25, 0.3) is 0 Å². The Labute approximate surface area is 140 Å². The number of hydrogen-bond acceptors (Lipinski definition) is 3. The van der Waals surface area contributed by atoms with Gasteiger partial charge in [0.1, 0.15) is 14.3 Å². The maximum atomic E-state index is 9.97. The lowest BCUT2D eigenvalue weighted by atomic mass is 10.2. The van der Waals surface area contributed by atoms with Crippen molar-refractivity contribution >= 4 is 18.4 Å². The van der Waals surface area contributed by atoms with Crippen LogP contribution in [0.25, 0.3) is 0 Å². The Morgan fingerprint density at radius 3 is 1.74 bits per heavy atom. The van der Waals surface area contributed by atoms with E-state index in [0.717, 1.165) is 6.04 Å². The summed E-state index contributed by atoms with van der Waals surface area (Å²) in [4.78, 5) is 0. The van der Waals surface area contributed by atoms with Crippen molar-refractivity contribution in [3.05, 3.63) is 60.7 Å². The molecule has 124 valence electrons. The zero-order chi connectivity index (χ0) is 16.9. The molecule has 0 aliphatic rings. The van der Waals surface area contributed by atoms with Crippen LogP contribution >= 0.6 is 0 Å². The number of aliphatic hydroxyl groups excluding tert-OH is 1. The number of aliphatic hydroxyl groups is 1. The first kappa shape index (κ1) is 17.9. The lowest BCUT2D eigenvalue weighted by molar-refractivity contribution is 0.133. The molecule has 0 amide bonds. The van der Waals surface area contributed by atoms with E-state index in [0.29, 0.717) is 6.42 Å². The van der Waals surface area contributed by atoms with Gasteiger partial charge in [-0.3, -0.25) is 5.84 Å². The van der Waals surface area contributed by atoms with Crippen molar-refractivity contribution in [2.45, 2.75) is 44.5 Å². The highest BCUT2D eigenvalue weighted by Gasteiger charge is 2.47. The Balaban J connectivity index is 2.60. The Morgan fingerprint density at radius 2 is 1.39 bits per heavy atom. The maximum Gasteiger partial charge on any atom is 0.123 e. The second-order valence-corrected chi connectivity index (χ2v) is 12.1. The molecule has 0 saturated heterocycles. The molecular weight excluding hydrogens is 300 g/mol. The number of nitrogens with two attached hydrogens (primary N) is 1. The largest absolute Gasteiger partial charge is 0.377 e. The molecule has 1 unspecified atom stereocenters. The molecule has 0 radical (unpaired) electrons. The standard InChI is InChI=1S/C19H28N2OSi/c1-19(2,3)23(15-14-18(22)21-20,16-10-6-4-7-11-16)17-12-8-5-9-13-17/h4-13,18,21-22H,14-15,20H2,1-3H3. The van der Waals surface area contributed by atoms with E-state index in [4.69, 9.17) is 5.84 Å². The van der Waals surface area contributed by atoms with Crippen LogP contribution in [-0.2, 0) is 0 Å². The monoisotopic (exact) mass is 328 g/mol. The number of nitrogens with one attached hydrogen (secondary N) is 1. The van der Waals surface area contributed by atoms with Gasteiger partial charge in [0, 0.05) is 0 Å². The summed E-state index contributed by atoms with van der Waals surface area (Å²) < 4.78 is 0. The van der Waals surface area contributed by atoms with Crippen molar-refractivity contribution in [3.8, 4) is 0 Å². The highest BCUT2D eigenvalue weighted by atomic mass is 28.3. The van der Waals surface area contributed by atoms with E-state index in [1.54, 1.807) is 0 Å². The molecule has 0 saturated carbocycles. The second-order valence-electron chi connectivity index (χ2n) is 7.11. The first-order valence-corrected chi connectivity index (χ1v) is 10.4. The predicted molar refractivity (Wildman–Crippen MR) is 100 cm³/mol. The van der Waals surface area contributed by atoms with Crippen LogP contribution in [0, 0.1) is 0 Å². The molecule has 0 aliphatic heterocycles. The fourth-order valence-electron chi connectivity index (χ4n) is 3.58. The summed E-state index contributed by atoms with van der Waals surface area (Å²) in [6.45, 7) is 6.96. The van der Waals surface area contributed by atoms with Crippen molar-refractivity contribution < 1.29 is 5.11 Å². The molecule has 3 nitrogen and oxygen atoms in total. The van der Waals surface area contributed by atoms with Crippen LogP contribution in [-0.4, -0.2) is 19.4 Å². The van der Waals surface area contributed by atoms with Gasteiger partial charge in [-0.25, -0.2) is 5.43 Å². The normalized spacial score (nSPS) is 13.8. The van der Waals surface area contributed by atoms with E-state index < -0.39 is 14.3 Å². The van der Waals surface area contributed by atoms with E-state index in [1.165, 1.54) is 10.4 Å². The molecule has 23 heavy (non-hydrogen) atoms. The third kappa shape index (κ3) is 3.72. The first-order chi connectivity index (χ1) is 10.9. The molecule has 2 aromatic rings. The summed E-state index contributed by atoms with van der Waals surface area (Å²) in [6.07, 6.45) is -0.0271. The van der Waals surface area contributed by atoms with Gasteiger partial charge in [-0.15, -0.1) is 0 Å². The molecule has 0 heterocycles. The third-order valence-corrected chi connectivity index (χ3v) is 11.0. The van der Waals surface area contributed by atoms with Gasteiger partial charge in [0.05, 0.1) is 0 Å². The first-order valence-electron chi connectivity index (χ1n) is 8.17. The zero-order valence-electron chi connectivity index (χ0n) is 14.3. The average molecular weight is 329 g/mol. The van der Waals surface area contributed by atoms with Gasteiger partial charge in [-0.2, -0.15) is 0 Å². The van der Waals surface area contributed by atoms with Crippen molar-refractivity contribution in [1.82, 2.24) is 5.43 Å². The summed E-state index contributed by atoms with van der Waals surface area (Å²) in [6, 6.07) is 22.5. The lowest BCUT2D eigenvalue weighted by Gasteiger charge is -2.44. The maximum absolute atomic E-state index is 9.97. The number of rotatable bonds is 6. The summed E-state index contributed by atoms with van der Waals surface area (Å²) >= 11 is 0. The molecule has 0 fully saturated rings. The smallest absolute Gasteiger partial charge is 0.123 e. The van der Waals surface area contributed by atoms with Gasteiger partial charge in [0.15, 0.2) is 0 Å². The van der Waals surface area contributed by atoms with Gasteiger partial charge in [-0.1, -0.05) is 91.8 Å². The SMILES string of the molecule is CC(C)(C)[Si](CCC(O)NN)(c1ccccc1)c1ccccc1. The minimum Gasteiger partial charge on any atom is -0.377 e. The van der Waals surface area contributed by atoms with Gasteiger partial charge in [-0.05, 0) is 17.5 Å². The molecule has 4 heteroatoms. The molecule has 0 spiro atoms. The van der Waals surface area contributed by atoms with Gasteiger partial charge >= 0.3 is 0 Å². The molecule has 2 rings (SSSR count). The van der Waals surface area contributed by atoms with Crippen molar-refractivity contribution in [1.29, 1.82) is 0 Å². The highest BCUT2D eigenvalue weighted by molar-refractivity contribution is 7.04. The van der Waals surface area contributed by atoms with E-state index in [1.807, 2.05) is 0 Å². The Morgan fingerprint density at radius 1 is 0.957 bits per heavy atom. The fraction of sp³-hybridized carbons (Fsp3) is 0.368. The predicted octanol–water partition coefficient (Wildman–Crippen LogP) is 2.22. The zero-order valence-corrected chi connectivity index (χ0v) is 15.3. The van der Waals surface area contributed by atoms with Crippen LogP contribution in [0.15, 0.2) is 60.7 Å². The fourth-order valence-corrected chi connectivity index (χ4v) is 9.20. The van der Waals surface area contributed by atoms with Crippen LogP contribution in [0.3, 0.4) is 0 Å². The molecule has 0 bridgehead atoms. The van der Waals surface area contributed by atoms with Crippen LogP contribution in [0.5, 0.6) is 0 Å².